The molecule has 5 rings (SSSR count). The van der Waals surface area contributed by atoms with E-state index in [0.717, 1.165) is 29.0 Å². The van der Waals surface area contributed by atoms with Gasteiger partial charge in [-0.3, -0.25) is 19.6 Å². The second-order valence-electron chi connectivity index (χ2n) is 10.2. The summed E-state index contributed by atoms with van der Waals surface area (Å²) in [4.78, 5) is 47.6. The van der Waals surface area contributed by atoms with Crippen molar-refractivity contribution in [1.29, 1.82) is 5.41 Å². The topological polar surface area (TPSA) is 306 Å². The van der Waals surface area contributed by atoms with Crippen LogP contribution in [0.5, 0.6) is 0 Å². The van der Waals surface area contributed by atoms with E-state index in [9.17, 15) is 32.5 Å². The maximum Gasteiger partial charge on any atom is 0.362 e. The van der Waals surface area contributed by atoms with Crippen molar-refractivity contribution in [3.8, 4) is 0 Å². The lowest BCUT2D eigenvalue weighted by Crippen LogP contribution is -2.73. The number of rotatable bonds is 12. The monoisotopic (exact) mass is 640 g/mol. The number of carboxylic acid groups (broad SMARTS) is 1. The van der Waals surface area contributed by atoms with E-state index < -0.39 is 51.5 Å². The molecule has 10 N–H and O–H groups in total. The summed E-state index contributed by atoms with van der Waals surface area (Å²) in [6, 6.07) is -2.61. The molecule has 232 valence electrons. The molecule has 3 heterocycles. The number of nitrogen functional groups attached to an aromatic ring is 1. The van der Waals surface area contributed by atoms with E-state index in [-0.39, 0.29) is 59.1 Å². The van der Waals surface area contributed by atoms with Gasteiger partial charge in [-0.1, -0.05) is 5.16 Å². The fraction of sp³-hybridized carbons (Fsp3) is 0.524. The molecule has 2 saturated carbocycles. The number of aromatic nitrogens is 4. The van der Waals surface area contributed by atoms with E-state index in [1.165, 1.54) is 11.6 Å². The molecule has 1 aliphatic heterocycles. The molecule has 22 heteroatoms. The van der Waals surface area contributed by atoms with Crippen molar-refractivity contribution >= 4 is 56.2 Å². The van der Waals surface area contributed by atoms with E-state index in [1.807, 2.05) is 0 Å². The van der Waals surface area contributed by atoms with Crippen molar-refractivity contribution in [3.05, 3.63) is 23.0 Å². The van der Waals surface area contributed by atoms with Gasteiger partial charge in [0.25, 0.3) is 11.8 Å². The van der Waals surface area contributed by atoms with Crippen LogP contribution in [-0.4, -0.2) is 102 Å². The zero-order chi connectivity index (χ0) is 31.1. The van der Waals surface area contributed by atoms with E-state index in [1.54, 1.807) is 0 Å². The van der Waals surface area contributed by atoms with Crippen LogP contribution in [0.15, 0.2) is 16.7 Å². The predicted molar refractivity (Wildman–Crippen MR) is 147 cm³/mol. The second-order valence-corrected chi connectivity index (χ2v) is 12.4. The van der Waals surface area contributed by atoms with Crippen molar-refractivity contribution in [2.24, 2.45) is 10.9 Å². The van der Waals surface area contributed by atoms with Gasteiger partial charge in [-0.15, -0.1) is 11.3 Å². The number of nitrogens with two attached hydrogens (primary N) is 2. The fourth-order valence-electron chi connectivity index (χ4n) is 4.43. The van der Waals surface area contributed by atoms with Gasteiger partial charge < -0.3 is 37.4 Å². The minimum atomic E-state index is -5.02. The normalized spacial score (nSPS) is 24.4. The molecule has 43 heavy (non-hydrogen) atoms. The Hall–Kier alpha value is -4.41. The largest absolute Gasteiger partial charge is 0.478 e. The highest BCUT2D eigenvalue weighted by atomic mass is 32.2. The van der Waals surface area contributed by atoms with Crippen molar-refractivity contribution in [2.75, 3.05) is 5.73 Å². The molecule has 2 amide bonds. The van der Waals surface area contributed by atoms with Crippen LogP contribution in [0.25, 0.3) is 0 Å². The molecule has 0 bridgehead atoms. The van der Waals surface area contributed by atoms with E-state index >= 15 is 0 Å². The summed E-state index contributed by atoms with van der Waals surface area (Å²) in [5.74, 6) is -3.39. The van der Waals surface area contributed by atoms with Gasteiger partial charge >= 0.3 is 16.3 Å². The smallest absolute Gasteiger partial charge is 0.362 e. The predicted octanol–water partition coefficient (Wildman–Crippen LogP) is -3.04. The van der Waals surface area contributed by atoms with Crippen LogP contribution in [0.3, 0.4) is 0 Å². The number of guanidine groups is 1. The number of hydrogen-bond acceptors (Lipinski definition) is 14. The number of nitrogens with zero attached hydrogens (tertiary/aromatic N) is 6. The maximum absolute atomic E-state index is 13.2. The Kier molecular flexibility index (Phi) is 7.93. The van der Waals surface area contributed by atoms with E-state index in [0.29, 0.717) is 5.69 Å². The number of carbonyl (C=O) groups excluding carboxylic acids is 2. The number of carboxylic acids is 1. The van der Waals surface area contributed by atoms with Crippen LogP contribution >= 0.6 is 11.3 Å². The second kappa shape index (κ2) is 11.3. The molecule has 2 atom stereocenters. The van der Waals surface area contributed by atoms with Crippen LogP contribution in [0.4, 0.5) is 5.13 Å². The molecule has 2 aliphatic carbocycles. The summed E-state index contributed by atoms with van der Waals surface area (Å²) in [7, 11) is -5.02. The lowest BCUT2D eigenvalue weighted by Gasteiger charge is -2.43. The highest BCUT2D eigenvalue weighted by Gasteiger charge is 2.56. The molecule has 3 aliphatic rings. The van der Waals surface area contributed by atoms with Gasteiger partial charge in [0.05, 0.1) is 19.3 Å². The Balaban J connectivity index is 1.27. The minimum Gasteiger partial charge on any atom is -0.478 e. The maximum atomic E-state index is 13.2. The van der Waals surface area contributed by atoms with Crippen LogP contribution in [-0.2, 0) is 42.6 Å². The molecule has 2 aromatic heterocycles. The molecule has 0 aromatic carbocycles. The summed E-state index contributed by atoms with van der Waals surface area (Å²) in [6.45, 7) is -0.258. The number of hydrogen-bond donors (Lipinski definition) is 8. The molecular weight excluding hydrogens is 612 g/mol. The average Bonchev–Trinajstić information content (AvgIpc) is 3.37. The van der Waals surface area contributed by atoms with Crippen molar-refractivity contribution in [3.63, 3.8) is 0 Å². The van der Waals surface area contributed by atoms with Gasteiger partial charge in [-0.2, -0.15) is 23.4 Å². The highest BCUT2D eigenvalue weighted by molar-refractivity contribution is 7.84. The molecule has 2 aromatic rings. The zero-order valence-electron chi connectivity index (χ0n) is 22.2. The molecular formula is C21H28N12O8S2. The molecule has 20 nitrogen and oxygen atoms in total. The third kappa shape index (κ3) is 6.50. The van der Waals surface area contributed by atoms with Gasteiger partial charge in [0.1, 0.15) is 23.5 Å². The first-order chi connectivity index (χ1) is 20.3. The first-order valence-electron chi connectivity index (χ1n) is 12.8. The third-order valence-electron chi connectivity index (χ3n) is 6.99. The first-order valence-corrected chi connectivity index (χ1v) is 15.1. The summed E-state index contributed by atoms with van der Waals surface area (Å²) < 4.78 is 33.7. The molecule has 0 spiro atoms. The average molecular weight is 641 g/mol. The molecule has 0 unspecified atom stereocenters. The van der Waals surface area contributed by atoms with Crippen molar-refractivity contribution in [1.82, 2.24) is 40.2 Å². The number of amides is 2. The standard InChI is InChI=1S/C21H28N12O8S2/c22-9-3-10(4-9)27-19(23)25-5-11-6-26-32(30-11)7-13-15(17(35)33(13)43(38,39)40)29-16(34)14(12-8-42-20(24)28-12)31-41-21(1-2-21)18(36)37/h6,8-10,13,15H,1-5,7,22H2,(H2,24,28)(H,29,34)(H,36,37)(H3,23,25,27)(H,38,39,40)/b31-14-/t9-,10-,13-,15+/m1/s1. The van der Waals surface area contributed by atoms with Gasteiger partial charge in [0.15, 0.2) is 16.8 Å². The summed E-state index contributed by atoms with van der Waals surface area (Å²) in [5.41, 5.74) is 9.62. The minimum absolute atomic E-state index is 0.0654. The number of nitrogens with one attached hydrogen (secondary N) is 4. The van der Waals surface area contributed by atoms with Crippen molar-refractivity contribution in [2.45, 2.75) is 68.5 Å². The number of β-lactam (4-membered cyclic amide) rings is 1. The summed E-state index contributed by atoms with van der Waals surface area (Å²) in [6.07, 6.45) is 3.19. The Morgan fingerprint density at radius 1 is 1.30 bits per heavy atom. The Morgan fingerprint density at radius 3 is 2.60 bits per heavy atom. The van der Waals surface area contributed by atoms with Crippen LogP contribution in [0.2, 0.25) is 0 Å². The summed E-state index contributed by atoms with van der Waals surface area (Å²) in [5, 5.41) is 38.9. The first kappa shape index (κ1) is 30.1. The quantitative estimate of drug-likeness (QED) is 0.0376. The third-order valence-corrected chi connectivity index (χ3v) is 8.61. The lowest BCUT2D eigenvalue weighted by atomic mass is 9.88. The number of oxime groups is 1. The Morgan fingerprint density at radius 2 is 2.02 bits per heavy atom. The number of aliphatic carboxylic acids is 1. The SMILES string of the molecule is N=C(NCc1cnn(C[C@@H]2[C@H](NC(=O)/C(=N\OC3(C(=O)O)CC3)c3csc(N)n3)C(=O)N2S(=O)(=O)O)n1)N[C@H]1C[C@H](N)C1. The van der Waals surface area contributed by atoms with Gasteiger partial charge in [0.2, 0.25) is 5.60 Å². The summed E-state index contributed by atoms with van der Waals surface area (Å²) >= 11 is 0.965. The molecule has 1 saturated heterocycles. The van der Waals surface area contributed by atoms with Gasteiger partial charge in [0, 0.05) is 30.3 Å². The highest BCUT2D eigenvalue weighted by Crippen LogP contribution is 2.40. The number of carbonyl (C=O) groups is 3. The Labute approximate surface area is 247 Å². The molecule has 0 radical (unpaired) electrons. The van der Waals surface area contributed by atoms with Gasteiger partial charge in [-0.05, 0) is 12.8 Å². The van der Waals surface area contributed by atoms with E-state index in [2.05, 4.69) is 36.3 Å². The van der Waals surface area contributed by atoms with Crippen LogP contribution in [0.1, 0.15) is 37.1 Å². The Bertz CT molecular complexity index is 1580. The van der Waals surface area contributed by atoms with Crippen LogP contribution < -0.4 is 27.4 Å². The van der Waals surface area contributed by atoms with E-state index in [4.69, 9.17) is 21.7 Å². The fourth-order valence-corrected chi connectivity index (χ4v) is 5.84. The number of anilines is 1. The van der Waals surface area contributed by atoms with Crippen molar-refractivity contribution < 1.29 is 37.3 Å². The van der Waals surface area contributed by atoms with Gasteiger partial charge in [-0.25, -0.2) is 14.1 Å². The number of thiazole rings is 1. The van der Waals surface area contributed by atoms with Crippen LogP contribution in [0, 0.1) is 5.41 Å². The zero-order valence-corrected chi connectivity index (χ0v) is 23.8. The molecule has 3 fully saturated rings. The lowest BCUT2D eigenvalue weighted by molar-refractivity contribution is -0.153.